The molecule has 12 heavy (non-hydrogen) atoms. The molecule has 0 saturated heterocycles. The lowest BCUT2D eigenvalue weighted by Gasteiger charge is -1.97. The lowest BCUT2D eigenvalue weighted by molar-refractivity contribution is -0.116. The SMILES string of the molecule is Cc1ccnc(CC(=O)CCl)c1. The highest BCUT2D eigenvalue weighted by Gasteiger charge is 2.02. The minimum atomic E-state index is 0.00904. The van der Waals surface area contributed by atoms with Gasteiger partial charge in [0.2, 0.25) is 0 Å². The summed E-state index contributed by atoms with van der Waals surface area (Å²) >= 11 is 5.36. The van der Waals surface area contributed by atoms with Crippen LogP contribution < -0.4 is 0 Å². The van der Waals surface area contributed by atoms with E-state index in [1.807, 2.05) is 19.1 Å². The van der Waals surface area contributed by atoms with Gasteiger partial charge in [0.15, 0.2) is 5.78 Å². The largest absolute Gasteiger partial charge is 0.298 e. The Hall–Kier alpha value is -0.890. The van der Waals surface area contributed by atoms with Crippen LogP contribution >= 0.6 is 11.6 Å². The minimum Gasteiger partial charge on any atom is -0.298 e. The van der Waals surface area contributed by atoms with Crippen molar-refractivity contribution < 1.29 is 4.79 Å². The second-order valence-corrected chi connectivity index (χ2v) is 2.94. The molecule has 1 heterocycles. The van der Waals surface area contributed by atoms with Gasteiger partial charge in [-0.1, -0.05) is 0 Å². The molecule has 0 N–H and O–H groups in total. The first-order valence-electron chi connectivity index (χ1n) is 3.71. The highest BCUT2D eigenvalue weighted by atomic mass is 35.5. The molecule has 1 rings (SSSR count). The number of aromatic nitrogens is 1. The minimum absolute atomic E-state index is 0.00904. The molecule has 0 unspecified atom stereocenters. The van der Waals surface area contributed by atoms with Gasteiger partial charge in [-0.2, -0.15) is 0 Å². The molecule has 0 fully saturated rings. The van der Waals surface area contributed by atoms with Crippen LogP contribution in [0.2, 0.25) is 0 Å². The van der Waals surface area contributed by atoms with Crippen LogP contribution in [0.3, 0.4) is 0 Å². The Morgan fingerprint density at radius 1 is 1.67 bits per heavy atom. The zero-order chi connectivity index (χ0) is 8.97. The van der Waals surface area contributed by atoms with E-state index in [1.54, 1.807) is 6.20 Å². The van der Waals surface area contributed by atoms with E-state index in [0.29, 0.717) is 6.42 Å². The van der Waals surface area contributed by atoms with Crippen molar-refractivity contribution in [3.05, 3.63) is 29.6 Å². The van der Waals surface area contributed by atoms with Crippen LogP contribution in [-0.2, 0) is 11.2 Å². The fourth-order valence-corrected chi connectivity index (χ4v) is 1.04. The smallest absolute Gasteiger partial charge is 0.153 e. The number of hydrogen-bond donors (Lipinski definition) is 0. The van der Waals surface area contributed by atoms with Gasteiger partial charge in [-0.25, -0.2) is 0 Å². The van der Waals surface area contributed by atoms with Crippen LogP contribution in [0.25, 0.3) is 0 Å². The molecule has 3 heteroatoms. The molecule has 0 atom stereocenters. The molecule has 1 aromatic rings. The fraction of sp³-hybridized carbons (Fsp3) is 0.333. The summed E-state index contributed by atoms with van der Waals surface area (Å²) in [6.07, 6.45) is 2.04. The number of carbonyl (C=O) groups excluding carboxylic acids is 1. The highest BCUT2D eigenvalue weighted by molar-refractivity contribution is 6.27. The Labute approximate surface area is 76.6 Å². The Kier molecular flexibility index (Phi) is 3.23. The number of hydrogen-bond acceptors (Lipinski definition) is 2. The number of alkyl halides is 1. The number of pyridine rings is 1. The van der Waals surface area contributed by atoms with Crippen molar-refractivity contribution in [3.63, 3.8) is 0 Å². The molecule has 0 bridgehead atoms. The molecular formula is C9H10ClNO. The number of ketones is 1. The van der Waals surface area contributed by atoms with Gasteiger partial charge in [0.25, 0.3) is 0 Å². The Morgan fingerprint density at radius 2 is 2.42 bits per heavy atom. The maximum Gasteiger partial charge on any atom is 0.153 e. The zero-order valence-corrected chi connectivity index (χ0v) is 7.64. The topological polar surface area (TPSA) is 30.0 Å². The lowest BCUT2D eigenvalue weighted by atomic mass is 10.2. The van der Waals surface area contributed by atoms with Crippen LogP contribution in [0, 0.1) is 6.92 Å². The van der Waals surface area contributed by atoms with E-state index in [2.05, 4.69) is 4.98 Å². The molecule has 0 amide bonds. The monoisotopic (exact) mass is 183 g/mol. The summed E-state index contributed by atoms with van der Waals surface area (Å²) < 4.78 is 0. The van der Waals surface area contributed by atoms with Gasteiger partial charge >= 0.3 is 0 Å². The van der Waals surface area contributed by atoms with Crippen molar-refractivity contribution in [2.45, 2.75) is 13.3 Å². The van der Waals surface area contributed by atoms with Gasteiger partial charge in [-0.05, 0) is 24.6 Å². The predicted molar refractivity (Wildman–Crippen MR) is 48.4 cm³/mol. The second-order valence-electron chi connectivity index (χ2n) is 2.67. The standard InChI is InChI=1S/C9H10ClNO/c1-7-2-3-11-8(4-7)5-9(12)6-10/h2-4H,5-6H2,1H3. The van der Waals surface area contributed by atoms with Crippen molar-refractivity contribution in [2.24, 2.45) is 0 Å². The Bertz CT molecular complexity index is 286. The number of halogens is 1. The summed E-state index contributed by atoms with van der Waals surface area (Å²) in [6.45, 7) is 1.97. The van der Waals surface area contributed by atoms with Crippen molar-refractivity contribution in [2.75, 3.05) is 5.88 Å². The van der Waals surface area contributed by atoms with Crippen LogP contribution in [0.4, 0.5) is 0 Å². The first-order chi connectivity index (χ1) is 5.72. The first-order valence-corrected chi connectivity index (χ1v) is 4.25. The number of Topliss-reactive ketones (excluding diaryl/α,β-unsaturated/α-hetero) is 1. The molecule has 0 aliphatic carbocycles. The zero-order valence-electron chi connectivity index (χ0n) is 6.88. The van der Waals surface area contributed by atoms with Crippen LogP contribution in [-0.4, -0.2) is 16.6 Å². The van der Waals surface area contributed by atoms with E-state index in [-0.39, 0.29) is 11.7 Å². The Morgan fingerprint density at radius 3 is 3.00 bits per heavy atom. The third-order valence-corrected chi connectivity index (χ3v) is 1.80. The first kappa shape index (κ1) is 9.20. The summed E-state index contributed by atoms with van der Waals surface area (Å²) in [5.74, 6) is 0.0741. The van der Waals surface area contributed by atoms with E-state index in [0.717, 1.165) is 11.3 Å². The van der Waals surface area contributed by atoms with E-state index in [1.165, 1.54) is 0 Å². The molecule has 2 nitrogen and oxygen atoms in total. The average molecular weight is 184 g/mol. The molecule has 0 spiro atoms. The summed E-state index contributed by atoms with van der Waals surface area (Å²) in [4.78, 5) is 15.0. The summed E-state index contributed by atoms with van der Waals surface area (Å²) in [7, 11) is 0. The van der Waals surface area contributed by atoms with E-state index >= 15 is 0 Å². The average Bonchev–Trinajstić information content (AvgIpc) is 2.04. The number of rotatable bonds is 3. The van der Waals surface area contributed by atoms with Gasteiger partial charge < -0.3 is 0 Å². The van der Waals surface area contributed by atoms with Crippen molar-refractivity contribution in [1.82, 2.24) is 4.98 Å². The number of nitrogens with zero attached hydrogens (tertiary/aromatic N) is 1. The summed E-state index contributed by atoms with van der Waals surface area (Å²) in [5.41, 5.74) is 1.91. The number of aryl methyl sites for hydroxylation is 1. The molecule has 64 valence electrons. The van der Waals surface area contributed by atoms with E-state index in [4.69, 9.17) is 11.6 Å². The van der Waals surface area contributed by atoms with Crippen molar-refractivity contribution in [1.29, 1.82) is 0 Å². The lowest BCUT2D eigenvalue weighted by Crippen LogP contribution is -2.05. The normalized spacial score (nSPS) is 9.83. The fourth-order valence-electron chi connectivity index (χ4n) is 0.945. The van der Waals surface area contributed by atoms with Gasteiger partial charge in [0, 0.05) is 18.3 Å². The molecule has 1 aromatic heterocycles. The molecule has 0 aliphatic rings. The molecule has 0 aromatic carbocycles. The maximum absolute atomic E-state index is 10.9. The van der Waals surface area contributed by atoms with E-state index in [9.17, 15) is 4.79 Å². The van der Waals surface area contributed by atoms with Gasteiger partial charge in [0.1, 0.15) is 0 Å². The van der Waals surface area contributed by atoms with Crippen LogP contribution in [0.1, 0.15) is 11.3 Å². The van der Waals surface area contributed by atoms with Crippen molar-refractivity contribution in [3.8, 4) is 0 Å². The number of carbonyl (C=O) groups is 1. The van der Waals surface area contributed by atoms with Crippen molar-refractivity contribution >= 4 is 17.4 Å². The van der Waals surface area contributed by atoms with Gasteiger partial charge in [-0.15, -0.1) is 11.6 Å². The van der Waals surface area contributed by atoms with Crippen LogP contribution in [0.15, 0.2) is 18.3 Å². The van der Waals surface area contributed by atoms with Gasteiger partial charge in [0.05, 0.1) is 5.88 Å². The maximum atomic E-state index is 10.9. The molecule has 0 saturated carbocycles. The predicted octanol–water partition coefficient (Wildman–Crippen LogP) is 1.74. The summed E-state index contributed by atoms with van der Waals surface area (Å²) in [5, 5.41) is 0. The third kappa shape index (κ3) is 2.62. The molecular weight excluding hydrogens is 174 g/mol. The molecule has 0 radical (unpaired) electrons. The van der Waals surface area contributed by atoms with Gasteiger partial charge in [-0.3, -0.25) is 9.78 Å². The quantitative estimate of drug-likeness (QED) is 0.669. The summed E-state index contributed by atoms with van der Waals surface area (Å²) in [6, 6.07) is 3.79. The van der Waals surface area contributed by atoms with Crippen LogP contribution in [0.5, 0.6) is 0 Å². The highest BCUT2D eigenvalue weighted by Crippen LogP contribution is 2.01. The second kappa shape index (κ2) is 4.21. The molecule has 0 aliphatic heterocycles. The third-order valence-electron chi connectivity index (χ3n) is 1.50. The van der Waals surface area contributed by atoms with E-state index < -0.39 is 0 Å². The Balaban J connectivity index is 2.69.